The lowest BCUT2D eigenvalue weighted by Gasteiger charge is -2.19. The third-order valence-electron chi connectivity index (χ3n) is 2.03. The minimum atomic E-state index is -0.241. The van der Waals surface area contributed by atoms with Gasteiger partial charge in [-0.25, -0.2) is 0 Å². The Morgan fingerprint density at radius 2 is 2.29 bits per heavy atom. The van der Waals surface area contributed by atoms with E-state index in [1.807, 2.05) is 25.1 Å². The van der Waals surface area contributed by atoms with Gasteiger partial charge >= 0.3 is 0 Å². The van der Waals surface area contributed by atoms with Crippen LogP contribution in [0.15, 0.2) is 24.3 Å². The molecule has 0 spiro atoms. The highest BCUT2D eigenvalue weighted by Crippen LogP contribution is 2.16. The van der Waals surface area contributed by atoms with E-state index in [0.717, 1.165) is 5.75 Å². The first-order chi connectivity index (χ1) is 6.86. The molecule has 1 unspecified atom stereocenters. The summed E-state index contributed by atoms with van der Waals surface area (Å²) in [7, 11) is 0. The highest BCUT2D eigenvalue weighted by Gasteiger charge is 2.24. The largest absolute Gasteiger partial charge is 0.485 e. The molecule has 0 amide bonds. The summed E-state index contributed by atoms with van der Waals surface area (Å²) in [5.74, 6) is 0.791. The molecule has 1 fully saturated rings. The Bertz CT molecular complexity index is 267. The van der Waals surface area contributed by atoms with E-state index in [2.05, 4.69) is 6.07 Å². The standard InChI is InChI=1S/C11H13O3/c1-9(11-12-7-8-13-11)14-10-5-3-2-4-6-10/h2-3,5-6,9,11H,7-8H2,1H3. The molecule has 0 bridgehead atoms. The van der Waals surface area contributed by atoms with Crippen LogP contribution in [0.1, 0.15) is 6.92 Å². The SMILES string of the molecule is CC(Oc1c[c]ccc1)C1OCCO1. The van der Waals surface area contributed by atoms with E-state index >= 15 is 0 Å². The minimum Gasteiger partial charge on any atom is -0.485 e. The summed E-state index contributed by atoms with van der Waals surface area (Å²) in [6.07, 6.45) is -0.330. The summed E-state index contributed by atoms with van der Waals surface area (Å²) in [6.45, 7) is 3.24. The molecule has 1 aromatic carbocycles. The van der Waals surface area contributed by atoms with E-state index < -0.39 is 0 Å². The van der Waals surface area contributed by atoms with Crippen molar-refractivity contribution in [2.24, 2.45) is 0 Å². The molecule has 75 valence electrons. The number of benzene rings is 1. The van der Waals surface area contributed by atoms with E-state index in [0.29, 0.717) is 13.2 Å². The molecule has 3 heteroatoms. The summed E-state index contributed by atoms with van der Waals surface area (Å²) < 4.78 is 16.3. The lowest BCUT2D eigenvalue weighted by Crippen LogP contribution is -2.29. The summed E-state index contributed by atoms with van der Waals surface area (Å²) in [5.41, 5.74) is 0. The van der Waals surface area contributed by atoms with Crippen molar-refractivity contribution < 1.29 is 14.2 Å². The normalized spacial score (nSPS) is 19.5. The lowest BCUT2D eigenvalue weighted by molar-refractivity contribution is -0.104. The topological polar surface area (TPSA) is 27.7 Å². The van der Waals surface area contributed by atoms with Crippen molar-refractivity contribution in [2.45, 2.75) is 19.3 Å². The Balaban J connectivity index is 1.90. The van der Waals surface area contributed by atoms with Crippen molar-refractivity contribution in [3.63, 3.8) is 0 Å². The van der Waals surface area contributed by atoms with Crippen molar-refractivity contribution in [3.8, 4) is 5.75 Å². The van der Waals surface area contributed by atoms with Gasteiger partial charge in [0, 0.05) is 0 Å². The maximum absolute atomic E-state index is 5.62. The van der Waals surface area contributed by atoms with Crippen LogP contribution in [0.5, 0.6) is 5.75 Å². The Labute approximate surface area is 83.6 Å². The van der Waals surface area contributed by atoms with Gasteiger partial charge < -0.3 is 14.2 Å². The van der Waals surface area contributed by atoms with Crippen LogP contribution in [0.3, 0.4) is 0 Å². The van der Waals surface area contributed by atoms with Crippen molar-refractivity contribution in [1.82, 2.24) is 0 Å². The molecular formula is C11H13O3. The van der Waals surface area contributed by atoms with E-state index in [9.17, 15) is 0 Å². The number of ether oxygens (including phenoxy) is 3. The second-order valence-corrected chi connectivity index (χ2v) is 3.17. The van der Waals surface area contributed by atoms with Gasteiger partial charge in [0.05, 0.1) is 13.2 Å². The fraction of sp³-hybridized carbons (Fsp3) is 0.455. The van der Waals surface area contributed by atoms with Crippen LogP contribution in [0.2, 0.25) is 0 Å². The molecule has 1 atom stereocenters. The molecule has 1 radical (unpaired) electrons. The molecule has 1 heterocycles. The molecule has 0 aliphatic carbocycles. The third kappa shape index (κ3) is 2.25. The molecule has 2 rings (SSSR count). The first-order valence-electron chi connectivity index (χ1n) is 4.72. The second-order valence-electron chi connectivity index (χ2n) is 3.17. The van der Waals surface area contributed by atoms with Gasteiger partial charge in [-0.2, -0.15) is 0 Å². The molecule has 1 saturated heterocycles. The second kappa shape index (κ2) is 4.44. The highest BCUT2D eigenvalue weighted by atomic mass is 16.7. The van der Waals surface area contributed by atoms with Crippen LogP contribution in [0.25, 0.3) is 0 Å². The van der Waals surface area contributed by atoms with E-state index in [-0.39, 0.29) is 12.4 Å². The van der Waals surface area contributed by atoms with Crippen molar-refractivity contribution in [3.05, 3.63) is 30.3 Å². The predicted molar refractivity (Wildman–Crippen MR) is 51.1 cm³/mol. The molecule has 3 nitrogen and oxygen atoms in total. The molecule has 14 heavy (non-hydrogen) atoms. The molecular weight excluding hydrogens is 180 g/mol. The molecule has 0 saturated carbocycles. The van der Waals surface area contributed by atoms with Crippen molar-refractivity contribution >= 4 is 0 Å². The molecule has 1 aliphatic rings. The van der Waals surface area contributed by atoms with Crippen LogP contribution in [0, 0.1) is 6.07 Å². The molecule has 0 N–H and O–H groups in total. The van der Waals surface area contributed by atoms with Gasteiger partial charge in [-0.3, -0.25) is 0 Å². The zero-order valence-electron chi connectivity index (χ0n) is 8.10. The highest BCUT2D eigenvalue weighted by molar-refractivity contribution is 5.20. The maximum Gasteiger partial charge on any atom is 0.194 e. The number of hydrogen-bond acceptors (Lipinski definition) is 3. The Hall–Kier alpha value is -1.06. The van der Waals surface area contributed by atoms with Gasteiger partial charge in [-0.1, -0.05) is 12.1 Å². The van der Waals surface area contributed by atoms with Gasteiger partial charge in [0.1, 0.15) is 11.9 Å². The summed E-state index contributed by atoms with van der Waals surface area (Å²) in [6, 6.07) is 10.4. The van der Waals surface area contributed by atoms with Gasteiger partial charge in [-0.05, 0) is 25.1 Å². The molecule has 0 aromatic heterocycles. The molecule has 1 aliphatic heterocycles. The quantitative estimate of drug-likeness (QED) is 0.730. The average Bonchev–Trinajstić information content (AvgIpc) is 2.72. The fourth-order valence-corrected chi connectivity index (χ4v) is 1.37. The average molecular weight is 193 g/mol. The van der Waals surface area contributed by atoms with E-state index in [4.69, 9.17) is 14.2 Å². The van der Waals surface area contributed by atoms with E-state index in [1.165, 1.54) is 0 Å². The third-order valence-corrected chi connectivity index (χ3v) is 2.03. The monoisotopic (exact) mass is 193 g/mol. The summed E-state index contributed by atoms with van der Waals surface area (Å²) in [5, 5.41) is 0. The van der Waals surface area contributed by atoms with Crippen LogP contribution < -0.4 is 4.74 Å². The van der Waals surface area contributed by atoms with Crippen LogP contribution in [-0.2, 0) is 9.47 Å². The minimum absolute atomic E-state index is 0.0895. The summed E-state index contributed by atoms with van der Waals surface area (Å²) >= 11 is 0. The van der Waals surface area contributed by atoms with Crippen LogP contribution >= 0.6 is 0 Å². The zero-order valence-corrected chi connectivity index (χ0v) is 8.10. The van der Waals surface area contributed by atoms with Gasteiger partial charge in [0.2, 0.25) is 0 Å². The lowest BCUT2D eigenvalue weighted by atomic mass is 10.3. The number of rotatable bonds is 3. The van der Waals surface area contributed by atoms with Crippen molar-refractivity contribution in [1.29, 1.82) is 0 Å². The van der Waals surface area contributed by atoms with Crippen LogP contribution in [0.4, 0.5) is 0 Å². The Kier molecular flexibility index (Phi) is 3.01. The first kappa shape index (κ1) is 9.49. The predicted octanol–water partition coefficient (Wildman–Crippen LogP) is 1.63. The van der Waals surface area contributed by atoms with Gasteiger partial charge in [0.25, 0.3) is 0 Å². The van der Waals surface area contributed by atoms with Gasteiger partial charge in [0.15, 0.2) is 6.29 Å². The Morgan fingerprint density at radius 3 is 2.93 bits per heavy atom. The molecule has 1 aromatic rings. The van der Waals surface area contributed by atoms with E-state index in [1.54, 1.807) is 6.07 Å². The summed E-state index contributed by atoms with van der Waals surface area (Å²) in [4.78, 5) is 0. The maximum atomic E-state index is 5.62. The fourth-order valence-electron chi connectivity index (χ4n) is 1.37. The number of hydrogen-bond donors (Lipinski definition) is 0. The Morgan fingerprint density at radius 1 is 1.50 bits per heavy atom. The first-order valence-corrected chi connectivity index (χ1v) is 4.72. The van der Waals surface area contributed by atoms with Gasteiger partial charge in [-0.15, -0.1) is 0 Å². The zero-order chi connectivity index (χ0) is 9.80. The smallest absolute Gasteiger partial charge is 0.194 e. The van der Waals surface area contributed by atoms with Crippen LogP contribution in [-0.4, -0.2) is 25.6 Å². The van der Waals surface area contributed by atoms with Crippen molar-refractivity contribution in [2.75, 3.05) is 13.2 Å².